The summed E-state index contributed by atoms with van der Waals surface area (Å²) in [6.45, 7) is 2.19. The van der Waals surface area contributed by atoms with Crippen LogP contribution in [0.2, 0.25) is 5.02 Å². The molecule has 0 saturated carbocycles. The predicted octanol–water partition coefficient (Wildman–Crippen LogP) is 2.70. The number of carboxylic acids is 1. The molecular formula is C14H19ClO3. The number of aliphatic carboxylic acids is 1. The third-order valence-electron chi connectivity index (χ3n) is 3.30. The van der Waals surface area contributed by atoms with E-state index in [1.165, 1.54) is 17.5 Å². The van der Waals surface area contributed by atoms with E-state index in [4.69, 9.17) is 21.8 Å². The zero-order chi connectivity index (χ0) is 13.7. The highest BCUT2D eigenvalue weighted by Crippen LogP contribution is 2.32. The van der Waals surface area contributed by atoms with Crippen molar-refractivity contribution in [3.8, 4) is 0 Å². The lowest BCUT2D eigenvalue weighted by Crippen LogP contribution is -2.01. The number of aliphatic hydroxyl groups excluding tert-OH is 1. The van der Waals surface area contributed by atoms with Crippen molar-refractivity contribution in [1.29, 1.82) is 0 Å². The van der Waals surface area contributed by atoms with Crippen LogP contribution in [0.4, 0.5) is 0 Å². The van der Waals surface area contributed by atoms with Gasteiger partial charge in [-0.2, -0.15) is 0 Å². The molecule has 0 heterocycles. The van der Waals surface area contributed by atoms with E-state index in [1.807, 2.05) is 12.1 Å². The second-order valence-electron chi connectivity index (χ2n) is 4.47. The summed E-state index contributed by atoms with van der Waals surface area (Å²) < 4.78 is 0. The van der Waals surface area contributed by atoms with Crippen molar-refractivity contribution in [3.63, 3.8) is 0 Å². The number of carbonyl (C=O) groups is 1. The first-order valence-electron chi connectivity index (χ1n) is 6.06. The average Bonchev–Trinajstić information content (AvgIpc) is 2.73. The Balaban J connectivity index is 0.000000771. The largest absolute Gasteiger partial charge is 0.481 e. The van der Waals surface area contributed by atoms with E-state index in [0.29, 0.717) is 10.9 Å². The van der Waals surface area contributed by atoms with E-state index < -0.39 is 5.97 Å². The van der Waals surface area contributed by atoms with Crippen LogP contribution in [0, 0.1) is 5.92 Å². The van der Waals surface area contributed by atoms with Crippen molar-refractivity contribution in [2.24, 2.45) is 5.92 Å². The molecule has 0 aromatic heterocycles. The maximum atomic E-state index is 10.7. The Kier molecular flexibility index (Phi) is 5.63. The summed E-state index contributed by atoms with van der Waals surface area (Å²) >= 11 is 6.08. The molecule has 0 radical (unpaired) electrons. The minimum Gasteiger partial charge on any atom is -0.481 e. The van der Waals surface area contributed by atoms with E-state index >= 15 is 0 Å². The van der Waals surface area contributed by atoms with Gasteiger partial charge in [-0.25, -0.2) is 0 Å². The van der Waals surface area contributed by atoms with Gasteiger partial charge in [0.05, 0.1) is 6.42 Å². The summed E-state index contributed by atoms with van der Waals surface area (Å²) in [5, 5.41) is 16.4. The lowest BCUT2D eigenvalue weighted by Gasteiger charge is -2.05. The summed E-state index contributed by atoms with van der Waals surface area (Å²) in [6.07, 6.45) is 3.33. The van der Waals surface area contributed by atoms with Gasteiger partial charge in [-0.05, 0) is 41.5 Å². The zero-order valence-electron chi connectivity index (χ0n) is 10.7. The second kappa shape index (κ2) is 6.76. The quantitative estimate of drug-likeness (QED) is 0.888. The van der Waals surface area contributed by atoms with Crippen molar-refractivity contribution in [1.82, 2.24) is 0 Å². The van der Waals surface area contributed by atoms with Crippen molar-refractivity contribution in [2.45, 2.75) is 32.6 Å². The van der Waals surface area contributed by atoms with Crippen LogP contribution < -0.4 is 0 Å². The Morgan fingerprint density at radius 2 is 1.89 bits per heavy atom. The van der Waals surface area contributed by atoms with E-state index in [-0.39, 0.29) is 6.42 Å². The first kappa shape index (κ1) is 15.0. The number of fused-ring (bicyclic) bond motifs is 1. The molecule has 2 rings (SSSR count). The minimum absolute atomic E-state index is 0.0168. The third-order valence-corrected chi connectivity index (χ3v) is 3.66. The van der Waals surface area contributed by atoms with Crippen LogP contribution >= 0.6 is 11.6 Å². The topological polar surface area (TPSA) is 57.5 Å². The second-order valence-corrected chi connectivity index (χ2v) is 4.87. The zero-order valence-corrected chi connectivity index (χ0v) is 11.5. The molecule has 0 bridgehead atoms. The summed E-state index contributed by atoms with van der Waals surface area (Å²) in [5.41, 5.74) is 3.32. The average molecular weight is 271 g/mol. The molecule has 3 nitrogen and oxygen atoms in total. The van der Waals surface area contributed by atoms with Gasteiger partial charge in [-0.15, -0.1) is 0 Å². The van der Waals surface area contributed by atoms with Crippen molar-refractivity contribution in [2.75, 3.05) is 7.11 Å². The number of benzene rings is 1. The maximum absolute atomic E-state index is 10.7. The number of rotatable bonds is 3. The lowest BCUT2D eigenvalue weighted by atomic mass is 10.0. The van der Waals surface area contributed by atoms with Gasteiger partial charge >= 0.3 is 5.97 Å². The minimum atomic E-state index is -0.827. The fraction of sp³-hybridized carbons (Fsp3) is 0.500. The molecule has 0 amide bonds. The molecule has 2 N–H and O–H groups in total. The summed E-state index contributed by atoms with van der Waals surface area (Å²) in [4.78, 5) is 10.7. The van der Waals surface area contributed by atoms with E-state index in [1.54, 1.807) is 0 Å². The van der Waals surface area contributed by atoms with Gasteiger partial charge in [-0.3, -0.25) is 4.79 Å². The smallest absolute Gasteiger partial charge is 0.307 e. The monoisotopic (exact) mass is 270 g/mol. The van der Waals surface area contributed by atoms with Crippen LogP contribution in [0.15, 0.2) is 12.1 Å². The highest BCUT2D eigenvalue weighted by Gasteiger charge is 2.21. The highest BCUT2D eigenvalue weighted by molar-refractivity contribution is 6.31. The molecule has 0 spiro atoms. The number of hydrogen-bond acceptors (Lipinski definition) is 2. The Morgan fingerprint density at radius 1 is 1.33 bits per heavy atom. The van der Waals surface area contributed by atoms with Gasteiger partial charge in [0.25, 0.3) is 0 Å². The molecule has 1 aliphatic carbocycles. The molecule has 100 valence electrons. The summed E-state index contributed by atoms with van der Waals surface area (Å²) in [6, 6.07) is 3.92. The molecule has 1 unspecified atom stereocenters. The van der Waals surface area contributed by atoms with Crippen LogP contribution in [0.5, 0.6) is 0 Å². The van der Waals surface area contributed by atoms with Crippen LogP contribution in [-0.2, 0) is 24.1 Å². The molecule has 1 aromatic rings. The molecule has 0 saturated heterocycles. The predicted molar refractivity (Wildman–Crippen MR) is 72.1 cm³/mol. The van der Waals surface area contributed by atoms with Crippen LogP contribution in [-0.4, -0.2) is 23.3 Å². The van der Waals surface area contributed by atoms with Gasteiger partial charge in [-0.1, -0.05) is 31.0 Å². The van der Waals surface area contributed by atoms with Crippen molar-refractivity contribution < 1.29 is 15.0 Å². The molecular weight excluding hydrogens is 252 g/mol. The normalized spacial score (nSPS) is 16.8. The molecule has 0 fully saturated rings. The maximum Gasteiger partial charge on any atom is 0.307 e. The number of aliphatic hydroxyl groups is 1. The summed E-state index contributed by atoms with van der Waals surface area (Å²) in [7, 11) is 1.00. The van der Waals surface area contributed by atoms with Crippen LogP contribution in [0.1, 0.15) is 30.0 Å². The lowest BCUT2D eigenvalue weighted by molar-refractivity contribution is -0.136. The van der Waals surface area contributed by atoms with Gasteiger partial charge in [0.2, 0.25) is 0 Å². The fourth-order valence-corrected chi connectivity index (χ4v) is 2.62. The Morgan fingerprint density at radius 3 is 2.39 bits per heavy atom. The number of halogens is 1. The summed E-state index contributed by atoms with van der Waals surface area (Å²) in [5.74, 6) is -0.127. The highest BCUT2D eigenvalue weighted by atomic mass is 35.5. The molecule has 18 heavy (non-hydrogen) atoms. The van der Waals surface area contributed by atoms with Gasteiger partial charge in [0, 0.05) is 12.1 Å². The molecule has 4 heteroatoms. The molecule has 0 aliphatic heterocycles. The van der Waals surface area contributed by atoms with Gasteiger partial charge < -0.3 is 10.2 Å². The number of carboxylic acid groups (broad SMARTS) is 1. The van der Waals surface area contributed by atoms with E-state index in [0.717, 1.165) is 25.5 Å². The molecule has 1 aromatic carbocycles. The first-order chi connectivity index (χ1) is 8.60. The van der Waals surface area contributed by atoms with Crippen LogP contribution in [0.3, 0.4) is 0 Å². The molecule has 1 aliphatic rings. The first-order valence-corrected chi connectivity index (χ1v) is 6.44. The number of hydrogen-bond donors (Lipinski definition) is 2. The van der Waals surface area contributed by atoms with Gasteiger partial charge in [0.1, 0.15) is 0 Å². The standard InChI is InChI=1S/C13H15ClO2.CH4O/c1-2-8-3-9-5-11(7-13(15)16)12(14)6-10(9)4-8;1-2/h5-6,8H,2-4,7H2,1H3,(H,15,16);2H,1H3. The Labute approximate surface area is 112 Å². The SMILES string of the molecule is CCC1Cc2cc(Cl)c(CC(=O)O)cc2C1.CO. The van der Waals surface area contributed by atoms with Gasteiger partial charge in [0.15, 0.2) is 0 Å². The fourth-order valence-electron chi connectivity index (χ4n) is 2.37. The molecule has 1 atom stereocenters. The van der Waals surface area contributed by atoms with Crippen LogP contribution in [0.25, 0.3) is 0 Å². The van der Waals surface area contributed by atoms with E-state index in [2.05, 4.69) is 6.92 Å². The van der Waals surface area contributed by atoms with Crippen molar-refractivity contribution >= 4 is 17.6 Å². The Hall–Kier alpha value is -1.06. The third kappa shape index (κ3) is 3.47. The van der Waals surface area contributed by atoms with Crippen molar-refractivity contribution in [3.05, 3.63) is 33.8 Å². The van der Waals surface area contributed by atoms with E-state index in [9.17, 15) is 4.79 Å². The Bertz CT molecular complexity index is 429.